The third kappa shape index (κ3) is 3.15. The summed E-state index contributed by atoms with van der Waals surface area (Å²) in [6.45, 7) is 4.12. The van der Waals surface area contributed by atoms with Crippen LogP contribution >= 0.6 is 0 Å². The predicted molar refractivity (Wildman–Crippen MR) is 76.5 cm³/mol. The maximum Gasteiger partial charge on any atom is 0.259 e. The number of hydrogen-bond acceptors (Lipinski definition) is 2. The molecular formula is C16H16FNO2. The van der Waals surface area contributed by atoms with Gasteiger partial charge in [-0.15, -0.1) is 0 Å². The summed E-state index contributed by atoms with van der Waals surface area (Å²) in [4.78, 5) is 12.0. The van der Waals surface area contributed by atoms with Gasteiger partial charge < -0.3 is 10.4 Å². The van der Waals surface area contributed by atoms with E-state index in [2.05, 4.69) is 19.2 Å². The average molecular weight is 273 g/mol. The van der Waals surface area contributed by atoms with Crippen LogP contribution in [0.3, 0.4) is 0 Å². The van der Waals surface area contributed by atoms with E-state index in [4.69, 9.17) is 0 Å². The molecule has 0 aromatic heterocycles. The Bertz CT molecular complexity index is 638. The number of aromatic hydroxyl groups is 1. The number of nitrogens with one attached hydrogen (secondary N) is 1. The Morgan fingerprint density at radius 3 is 2.60 bits per heavy atom. The van der Waals surface area contributed by atoms with Crippen molar-refractivity contribution in [3.63, 3.8) is 0 Å². The van der Waals surface area contributed by atoms with Crippen LogP contribution in [0.1, 0.15) is 35.7 Å². The van der Waals surface area contributed by atoms with E-state index < -0.39 is 11.7 Å². The van der Waals surface area contributed by atoms with E-state index in [-0.39, 0.29) is 11.3 Å². The van der Waals surface area contributed by atoms with E-state index >= 15 is 0 Å². The van der Waals surface area contributed by atoms with Gasteiger partial charge in [-0.2, -0.15) is 0 Å². The van der Waals surface area contributed by atoms with Crippen molar-refractivity contribution in [3.05, 3.63) is 59.4 Å². The zero-order chi connectivity index (χ0) is 14.7. The van der Waals surface area contributed by atoms with Gasteiger partial charge in [0.1, 0.15) is 11.6 Å². The summed E-state index contributed by atoms with van der Waals surface area (Å²) < 4.78 is 12.9. The van der Waals surface area contributed by atoms with Gasteiger partial charge in [0.15, 0.2) is 0 Å². The first-order valence-electron chi connectivity index (χ1n) is 6.37. The van der Waals surface area contributed by atoms with Crippen LogP contribution in [0.4, 0.5) is 10.1 Å². The minimum atomic E-state index is -0.583. The normalized spacial score (nSPS) is 10.6. The smallest absolute Gasteiger partial charge is 0.259 e. The number of benzene rings is 2. The Balaban J connectivity index is 2.21. The number of phenolic OH excluding ortho intramolecular Hbond substituents is 1. The highest BCUT2D eigenvalue weighted by molar-refractivity contribution is 6.06. The zero-order valence-corrected chi connectivity index (χ0v) is 11.4. The van der Waals surface area contributed by atoms with Gasteiger partial charge in [-0.3, -0.25) is 4.79 Å². The second-order valence-electron chi connectivity index (χ2n) is 4.90. The number of carbonyl (C=O) groups is 1. The molecule has 0 spiro atoms. The molecule has 3 nitrogen and oxygen atoms in total. The molecule has 0 atom stereocenters. The van der Waals surface area contributed by atoms with Crippen LogP contribution in [0.25, 0.3) is 0 Å². The number of phenols is 1. The van der Waals surface area contributed by atoms with Crippen LogP contribution in [0.15, 0.2) is 42.5 Å². The van der Waals surface area contributed by atoms with Crippen molar-refractivity contribution in [2.24, 2.45) is 0 Å². The molecule has 104 valence electrons. The molecule has 2 aromatic rings. The first kappa shape index (κ1) is 14.1. The van der Waals surface area contributed by atoms with Crippen molar-refractivity contribution < 1.29 is 14.3 Å². The molecule has 0 bridgehead atoms. The number of anilines is 1. The van der Waals surface area contributed by atoms with Crippen LogP contribution in [0.2, 0.25) is 0 Å². The third-order valence-electron chi connectivity index (χ3n) is 3.02. The first-order valence-corrected chi connectivity index (χ1v) is 6.37. The molecule has 20 heavy (non-hydrogen) atoms. The van der Waals surface area contributed by atoms with Gasteiger partial charge >= 0.3 is 0 Å². The average Bonchev–Trinajstić information content (AvgIpc) is 2.38. The van der Waals surface area contributed by atoms with Crippen LogP contribution in [-0.2, 0) is 0 Å². The molecule has 0 unspecified atom stereocenters. The second-order valence-corrected chi connectivity index (χ2v) is 4.90. The SMILES string of the molecule is CC(C)c1cccc(NC(=O)c2ccc(F)cc2O)c1. The van der Waals surface area contributed by atoms with E-state index in [9.17, 15) is 14.3 Å². The second kappa shape index (κ2) is 5.74. The number of hydrogen-bond donors (Lipinski definition) is 2. The maximum atomic E-state index is 12.9. The van der Waals surface area contributed by atoms with E-state index in [1.54, 1.807) is 6.07 Å². The van der Waals surface area contributed by atoms with E-state index in [0.29, 0.717) is 11.6 Å². The summed E-state index contributed by atoms with van der Waals surface area (Å²) in [5.74, 6) is -1.07. The zero-order valence-electron chi connectivity index (χ0n) is 11.4. The monoisotopic (exact) mass is 273 g/mol. The molecule has 0 aliphatic rings. The quantitative estimate of drug-likeness (QED) is 0.890. The van der Waals surface area contributed by atoms with Crippen LogP contribution in [0.5, 0.6) is 5.75 Å². The van der Waals surface area contributed by atoms with Crippen LogP contribution in [0, 0.1) is 5.82 Å². The highest BCUT2D eigenvalue weighted by atomic mass is 19.1. The fourth-order valence-electron chi connectivity index (χ4n) is 1.87. The molecule has 0 fully saturated rings. The fraction of sp³-hybridized carbons (Fsp3) is 0.188. The lowest BCUT2D eigenvalue weighted by Crippen LogP contribution is -2.12. The molecule has 0 heterocycles. The summed E-state index contributed by atoms with van der Waals surface area (Å²) in [5.41, 5.74) is 1.79. The largest absolute Gasteiger partial charge is 0.507 e. The van der Waals surface area contributed by atoms with Crippen molar-refractivity contribution in [1.29, 1.82) is 0 Å². The van der Waals surface area contributed by atoms with Gasteiger partial charge in [0.25, 0.3) is 5.91 Å². The number of rotatable bonds is 3. The van der Waals surface area contributed by atoms with Crippen molar-refractivity contribution >= 4 is 11.6 Å². The Labute approximate surface area is 117 Å². The lowest BCUT2D eigenvalue weighted by atomic mass is 10.0. The molecular weight excluding hydrogens is 257 g/mol. The van der Waals surface area contributed by atoms with Crippen LogP contribution < -0.4 is 5.32 Å². The van der Waals surface area contributed by atoms with Gasteiger partial charge in [0, 0.05) is 11.8 Å². The lowest BCUT2D eigenvalue weighted by molar-refractivity contribution is 0.102. The predicted octanol–water partition coefficient (Wildman–Crippen LogP) is 3.91. The summed E-state index contributed by atoms with van der Waals surface area (Å²) in [6.07, 6.45) is 0. The van der Waals surface area contributed by atoms with Crippen molar-refractivity contribution in [2.45, 2.75) is 19.8 Å². The van der Waals surface area contributed by atoms with Gasteiger partial charge in [0.2, 0.25) is 0 Å². The van der Waals surface area contributed by atoms with E-state index in [1.165, 1.54) is 6.07 Å². The maximum absolute atomic E-state index is 12.9. The Hall–Kier alpha value is -2.36. The molecule has 0 radical (unpaired) electrons. The summed E-state index contributed by atoms with van der Waals surface area (Å²) in [5, 5.41) is 12.3. The van der Waals surface area contributed by atoms with E-state index in [0.717, 1.165) is 17.7 Å². The Morgan fingerprint density at radius 1 is 1.20 bits per heavy atom. The molecule has 0 saturated heterocycles. The van der Waals surface area contributed by atoms with Crippen LogP contribution in [-0.4, -0.2) is 11.0 Å². The van der Waals surface area contributed by atoms with Gasteiger partial charge in [-0.1, -0.05) is 26.0 Å². The van der Waals surface area contributed by atoms with Gasteiger partial charge in [-0.05, 0) is 35.7 Å². The third-order valence-corrected chi connectivity index (χ3v) is 3.02. The molecule has 4 heteroatoms. The minimum absolute atomic E-state index is 0.0429. The first-order chi connectivity index (χ1) is 9.47. The molecule has 0 aliphatic heterocycles. The summed E-state index contributed by atoms with van der Waals surface area (Å²) in [6, 6.07) is 10.8. The summed E-state index contributed by atoms with van der Waals surface area (Å²) in [7, 11) is 0. The molecule has 2 rings (SSSR count). The topological polar surface area (TPSA) is 49.3 Å². The Kier molecular flexibility index (Phi) is 4.03. The molecule has 2 aromatic carbocycles. The number of carbonyl (C=O) groups excluding carboxylic acids is 1. The number of amides is 1. The standard InChI is InChI=1S/C16H16FNO2/c1-10(2)11-4-3-5-13(8-11)18-16(20)14-7-6-12(17)9-15(14)19/h3-10,19H,1-2H3,(H,18,20). The highest BCUT2D eigenvalue weighted by Crippen LogP contribution is 2.22. The van der Waals surface area contributed by atoms with E-state index in [1.807, 2.05) is 18.2 Å². The minimum Gasteiger partial charge on any atom is -0.507 e. The van der Waals surface area contributed by atoms with Crippen molar-refractivity contribution in [1.82, 2.24) is 0 Å². The van der Waals surface area contributed by atoms with Gasteiger partial charge in [0.05, 0.1) is 5.56 Å². The lowest BCUT2D eigenvalue weighted by Gasteiger charge is -2.10. The molecule has 1 amide bonds. The number of halogens is 1. The van der Waals surface area contributed by atoms with Crippen molar-refractivity contribution in [2.75, 3.05) is 5.32 Å². The Morgan fingerprint density at radius 2 is 1.95 bits per heavy atom. The van der Waals surface area contributed by atoms with Gasteiger partial charge in [-0.25, -0.2) is 4.39 Å². The molecule has 2 N–H and O–H groups in total. The molecule has 0 aliphatic carbocycles. The van der Waals surface area contributed by atoms with Crippen molar-refractivity contribution in [3.8, 4) is 5.75 Å². The molecule has 0 saturated carbocycles. The summed E-state index contributed by atoms with van der Waals surface area (Å²) >= 11 is 0. The highest BCUT2D eigenvalue weighted by Gasteiger charge is 2.12. The fourth-order valence-corrected chi connectivity index (χ4v) is 1.87.